The number of hydrogen-bond donors (Lipinski definition) is 1. The van der Waals surface area contributed by atoms with Gasteiger partial charge in [-0.2, -0.15) is 17.7 Å². The van der Waals surface area contributed by atoms with Crippen molar-refractivity contribution < 1.29 is 32.2 Å². The summed E-state index contributed by atoms with van der Waals surface area (Å²) in [5.74, 6) is -1.83. The van der Waals surface area contributed by atoms with Gasteiger partial charge in [-0.05, 0) is 37.1 Å². The first-order valence-corrected chi connectivity index (χ1v) is 10.4. The summed E-state index contributed by atoms with van der Waals surface area (Å²) in [6.07, 6.45) is -3.87. The van der Waals surface area contributed by atoms with Crippen LogP contribution in [0, 0.1) is 5.92 Å². The molecule has 0 aliphatic carbocycles. The molecule has 0 atom stereocenters. The SMILES string of the molecule is COc1ccccc1NC(=O)COC(=O)C1CCN(c2ccc3nnc(C(F)(F)F)n3n2)CC1. The number of carbonyl (C=O) groups is 2. The summed E-state index contributed by atoms with van der Waals surface area (Å²) in [6.45, 7) is 0.327. The molecule has 1 aromatic carbocycles. The molecule has 13 heteroatoms. The maximum absolute atomic E-state index is 13.1. The number of alkyl halides is 3. The molecule has 0 saturated carbocycles. The molecule has 1 aliphatic rings. The lowest BCUT2D eigenvalue weighted by Crippen LogP contribution is -2.38. The van der Waals surface area contributed by atoms with Crippen LogP contribution >= 0.6 is 0 Å². The van der Waals surface area contributed by atoms with Crippen molar-refractivity contribution in [3.05, 3.63) is 42.2 Å². The maximum Gasteiger partial charge on any atom is 0.453 e. The van der Waals surface area contributed by atoms with Crippen molar-refractivity contribution in [2.45, 2.75) is 19.0 Å². The van der Waals surface area contributed by atoms with Crippen molar-refractivity contribution in [3.8, 4) is 5.75 Å². The standard InChI is InChI=1S/C21H21F3N6O4/c1-33-15-5-3-2-4-14(15)25-18(31)12-34-19(32)13-8-10-29(11-9-13)17-7-6-16-26-27-20(21(22,23)24)30(16)28-17/h2-7,13H,8-12H2,1H3,(H,25,31). The molecule has 0 unspecified atom stereocenters. The molecule has 0 spiro atoms. The third kappa shape index (κ3) is 5.02. The van der Waals surface area contributed by atoms with Crippen LogP contribution in [0.25, 0.3) is 5.65 Å². The van der Waals surface area contributed by atoms with Gasteiger partial charge >= 0.3 is 12.1 Å². The molecular weight excluding hydrogens is 457 g/mol. The minimum Gasteiger partial charge on any atom is -0.495 e. The molecule has 0 radical (unpaired) electrons. The lowest BCUT2D eigenvalue weighted by molar-refractivity contribution is -0.152. The predicted octanol–water partition coefficient (Wildman–Crippen LogP) is 2.55. The number of carbonyl (C=O) groups excluding carboxylic acids is 2. The number of nitrogens with zero attached hydrogens (tertiary/aromatic N) is 5. The Morgan fingerprint density at radius 3 is 2.56 bits per heavy atom. The van der Waals surface area contributed by atoms with E-state index in [0.29, 0.717) is 47.7 Å². The van der Waals surface area contributed by atoms with Gasteiger partial charge in [0.05, 0.1) is 18.7 Å². The fourth-order valence-electron chi connectivity index (χ4n) is 3.66. The number of halogens is 3. The summed E-state index contributed by atoms with van der Waals surface area (Å²) in [7, 11) is 1.48. The van der Waals surface area contributed by atoms with Gasteiger partial charge in [0.1, 0.15) is 11.6 Å². The minimum absolute atomic E-state index is 0.0130. The molecule has 1 aliphatic heterocycles. The van der Waals surface area contributed by atoms with E-state index >= 15 is 0 Å². The first kappa shape index (κ1) is 23.3. The van der Waals surface area contributed by atoms with Crippen LogP contribution < -0.4 is 15.0 Å². The molecule has 1 amide bonds. The van der Waals surface area contributed by atoms with Crippen LogP contribution in [0.4, 0.5) is 24.7 Å². The molecule has 0 bridgehead atoms. The summed E-state index contributed by atoms with van der Waals surface area (Å²) >= 11 is 0. The van der Waals surface area contributed by atoms with Crippen LogP contribution in [0.15, 0.2) is 36.4 Å². The van der Waals surface area contributed by atoms with Crippen molar-refractivity contribution in [1.82, 2.24) is 19.8 Å². The van der Waals surface area contributed by atoms with E-state index in [4.69, 9.17) is 9.47 Å². The van der Waals surface area contributed by atoms with Crippen LogP contribution in [0.5, 0.6) is 5.75 Å². The highest BCUT2D eigenvalue weighted by Crippen LogP contribution is 2.29. The third-order valence-electron chi connectivity index (χ3n) is 5.38. The van der Waals surface area contributed by atoms with Gasteiger partial charge in [0.2, 0.25) is 0 Å². The Morgan fingerprint density at radius 1 is 1.12 bits per heavy atom. The Morgan fingerprint density at radius 2 is 1.85 bits per heavy atom. The Bertz CT molecular complexity index is 1190. The van der Waals surface area contributed by atoms with Gasteiger partial charge in [0, 0.05) is 13.1 Å². The summed E-state index contributed by atoms with van der Waals surface area (Å²) in [6, 6.07) is 9.82. The first-order chi connectivity index (χ1) is 16.3. The number of fused-ring (bicyclic) bond motifs is 1. The van der Waals surface area contributed by atoms with E-state index in [-0.39, 0.29) is 5.65 Å². The van der Waals surface area contributed by atoms with E-state index in [0.717, 1.165) is 0 Å². The lowest BCUT2D eigenvalue weighted by Gasteiger charge is -2.31. The Hall–Kier alpha value is -3.90. The van der Waals surface area contributed by atoms with Crippen molar-refractivity contribution in [2.75, 3.05) is 37.0 Å². The average Bonchev–Trinajstić information content (AvgIpc) is 3.27. The number of rotatable bonds is 6. The number of methoxy groups -OCH3 is 1. The number of benzene rings is 1. The zero-order valence-electron chi connectivity index (χ0n) is 18.1. The quantitative estimate of drug-likeness (QED) is 0.539. The fourth-order valence-corrected chi connectivity index (χ4v) is 3.66. The van der Waals surface area contributed by atoms with Gasteiger partial charge in [-0.15, -0.1) is 15.3 Å². The number of para-hydroxylation sites is 2. The zero-order chi connectivity index (χ0) is 24.3. The van der Waals surface area contributed by atoms with Crippen molar-refractivity contribution in [3.63, 3.8) is 0 Å². The van der Waals surface area contributed by atoms with Gasteiger partial charge in [-0.1, -0.05) is 12.1 Å². The molecule has 180 valence electrons. The molecule has 3 aromatic rings. The second kappa shape index (κ2) is 9.53. The third-order valence-corrected chi connectivity index (χ3v) is 5.38. The molecule has 1 N–H and O–H groups in total. The van der Waals surface area contributed by atoms with Crippen LogP contribution in [-0.2, 0) is 20.5 Å². The molecule has 34 heavy (non-hydrogen) atoms. The first-order valence-electron chi connectivity index (χ1n) is 10.4. The molecular formula is C21H21F3N6O4. The van der Waals surface area contributed by atoms with Crippen molar-refractivity contribution in [1.29, 1.82) is 0 Å². The number of esters is 1. The van der Waals surface area contributed by atoms with Crippen LogP contribution in [-0.4, -0.2) is 58.5 Å². The number of aromatic nitrogens is 4. The number of ether oxygens (including phenoxy) is 2. The van der Waals surface area contributed by atoms with Crippen molar-refractivity contribution in [2.24, 2.45) is 5.92 Å². The van der Waals surface area contributed by atoms with E-state index < -0.39 is 36.4 Å². The van der Waals surface area contributed by atoms with E-state index in [1.165, 1.54) is 13.2 Å². The highest BCUT2D eigenvalue weighted by Gasteiger charge is 2.38. The van der Waals surface area contributed by atoms with Gasteiger partial charge in [-0.25, -0.2) is 0 Å². The van der Waals surface area contributed by atoms with Crippen LogP contribution in [0.3, 0.4) is 0 Å². The van der Waals surface area contributed by atoms with E-state index in [9.17, 15) is 22.8 Å². The molecule has 1 fully saturated rings. The van der Waals surface area contributed by atoms with E-state index in [1.807, 2.05) is 0 Å². The summed E-state index contributed by atoms with van der Waals surface area (Å²) in [4.78, 5) is 26.3. The Labute approximate surface area is 191 Å². The Balaban J connectivity index is 1.30. The predicted molar refractivity (Wildman–Crippen MR) is 113 cm³/mol. The van der Waals surface area contributed by atoms with Gasteiger partial charge in [0.15, 0.2) is 12.3 Å². The average molecular weight is 478 g/mol. The molecule has 2 aromatic heterocycles. The second-order valence-corrected chi connectivity index (χ2v) is 7.60. The molecule has 10 nitrogen and oxygen atoms in total. The number of hydrogen-bond acceptors (Lipinski definition) is 8. The molecule has 4 rings (SSSR count). The molecule has 3 heterocycles. The lowest BCUT2D eigenvalue weighted by atomic mass is 9.97. The number of amides is 1. The van der Waals surface area contributed by atoms with Crippen LogP contribution in [0.1, 0.15) is 18.7 Å². The van der Waals surface area contributed by atoms with Gasteiger partial charge in [-0.3, -0.25) is 9.59 Å². The smallest absolute Gasteiger partial charge is 0.453 e. The van der Waals surface area contributed by atoms with Crippen molar-refractivity contribution >= 4 is 29.0 Å². The highest BCUT2D eigenvalue weighted by atomic mass is 19.4. The summed E-state index contributed by atoms with van der Waals surface area (Å²) in [5, 5.41) is 13.3. The number of nitrogens with one attached hydrogen (secondary N) is 1. The number of anilines is 2. The van der Waals surface area contributed by atoms with Gasteiger partial charge in [0.25, 0.3) is 11.7 Å². The second-order valence-electron chi connectivity index (χ2n) is 7.60. The topological polar surface area (TPSA) is 111 Å². The van der Waals surface area contributed by atoms with E-state index in [2.05, 4.69) is 20.6 Å². The summed E-state index contributed by atoms with van der Waals surface area (Å²) in [5.41, 5.74) is 0.450. The Kier molecular flexibility index (Phi) is 6.52. The van der Waals surface area contributed by atoms with Crippen LogP contribution in [0.2, 0.25) is 0 Å². The monoisotopic (exact) mass is 478 g/mol. The molecule has 1 saturated heterocycles. The minimum atomic E-state index is -4.68. The maximum atomic E-state index is 13.1. The highest BCUT2D eigenvalue weighted by molar-refractivity contribution is 5.94. The van der Waals surface area contributed by atoms with Gasteiger partial charge < -0.3 is 19.7 Å². The normalized spacial score (nSPS) is 14.8. The zero-order valence-corrected chi connectivity index (χ0v) is 18.1. The number of piperidine rings is 1. The summed E-state index contributed by atoms with van der Waals surface area (Å²) < 4.78 is 50.3. The fraction of sp³-hybridized carbons (Fsp3) is 0.381. The largest absolute Gasteiger partial charge is 0.495 e. The van der Waals surface area contributed by atoms with E-state index in [1.54, 1.807) is 35.2 Å².